The molecule has 0 saturated heterocycles. The topological polar surface area (TPSA) is 72.7 Å². The van der Waals surface area contributed by atoms with Crippen LogP contribution in [0.1, 0.15) is 24.9 Å². The van der Waals surface area contributed by atoms with E-state index < -0.39 is 11.9 Å². The molecule has 1 amide bonds. The quantitative estimate of drug-likeness (QED) is 0.732. The number of hydrogen-bond acceptors (Lipinski definition) is 4. The smallest absolute Gasteiger partial charge is 0.251 e. The second-order valence-corrected chi connectivity index (χ2v) is 6.25. The monoisotopic (exact) mass is 373 g/mol. The summed E-state index contributed by atoms with van der Waals surface area (Å²) in [6.45, 7) is 3.64. The lowest BCUT2D eigenvalue weighted by Gasteiger charge is -2.15. The first-order valence-corrected chi connectivity index (χ1v) is 8.48. The van der Waals surface area contributed by atoms with E-state index >= 15 is 0 Å². The van der Waals surface area contributed by atoms with E-state index in [9.17, 15) is 9.18 Å². The minimum absolute atomic E-state index is 0.332. The van der Waals surface area contributed by atoms with Gasteiger partial charge in [-0.15, -0.1) is 10.2 Å². The maximum absolute atomic E-state index is 13.4. The third-order valence-corrected chi connectivity index (χ3v) is 4.21. The SMILES string of the molecule is CCC(C(=O)Nc1cc(F)ccc1C)n1nnc(-c2ccc(Cl)cc2)n1. The molecule has 3 aromatic rings. The van der Waals surface area contributed by atoms with Crippen LogP contribution in [-0.2, 0) is 4.79 Å². The zero-order chi connectivity index (χ0) is 18.7. The Labute approximate surface area is 155 Å². The molecule has 0 aliphatic carbocycles. The number of benzene rings is 2. The van der Waals surface area contributed by atoms with Crippen LogP contribution in [-0.4, -0.2) is 26.1 Å². The minimum Gasteiger partial charge on any atom is -0.324 e. The van der Waals surface area contributed by atoms with Crippen molar-refractivity contribution in [3.05, 3.63) is 58.9 Å². The number of halogens is 2. The van der Waals surface area contributed by atoms with Crippen LogP contribution < -0.4 is 5.32 Å². The number of nitrogens with zero attached hydrogens (tertiary/aromatic N) is 4. The van der Waals surface area contributed by atoms with Gasteiger partial charge in [0.1, 0.15) is 5.82 Å². The second kappa shape index (κ2) is 7.61. The molecule has 2 aromatic carbocycles. The highest BCUT2D eigenvalue weighted by atomic mass is 35.5. The van der Waals surface area contributed by atoms with E-state index in [1.165, 1.54) is 16.9 Å². The Hall–Kier alpha value is -2.80. The maximum atomic E-state index is 13.4. The molecule has 1 N–H and O–H groups in total. The first kappa shape index (κ1) is 18.0. The summed E-state index contributed by atoms with van der Waals surface area (Å²) in [6.07, 6.45) is 0.455. The Morgan fingerprint density at radius 1 is 1.27 bits per heavy atom. The molecule has 0 spiro atoms. The first-order chi connectivity index (χ1) is 12.5. The number of tetrazole rings is 1. The number of rotatable bonds is 5. The largest absolute Gasteiger partial charge is 0.324 e. The lowest BCUT2D eigenvalue weighted by Crippen LogP contribution is -2.27. The summed E-state index contributed by atoms with van der Waals surface area (Å²) in [7, 11) is 0. The van der Waals surface area contributed by atoms with Crippen molar-refractivity contribution in [3.63, 3.8) is 0 Å². The van der Waals surface area contributed by atoms with E-state index in [0.29, 0.717) is 23.0 Å². The van der Waals surface area contributed by atoms with E-state index in [1.807, 2.05) is 6.92 Å². The van der Waals surface area contributed by atoms with Crippen LogP contribution in [0, 0.1) is 12.7 Å². The molecule has 0 saturated carbocycles. The fraction of sp³-hybridized carbons (Fsp3) is 0.222. The predicted molar refractivity (Wildman–Crippen MR) is 97.4 cm³/mol. The molecular weight excluding hydrogens is 357 g/mol. The molecule has 1 atom stereocenters. The van der Waals surface area contributed by atoms with Gasteiger partial charge in [0, 0.05) is 16.3 Å². The highest BCUT2D eigenvalue weighted by Gasteiger charge is 2.22. The van der Waals surface area contributed by atoms with Gasteiger partial charge in [-0.2, -0.15) is 4.80 Å². The summed E-state index contributed by atoms with van der Waals surface area (Å²) in [5, 5.41) is 15.6. The van der Waals surface area contributed by atoms with Gasteiger partial charge in [0.15, 0.2) is 6.04 Å². The number of carbonyl (C=O) groups excluding carboxylic acids is 1. The van der Waals surface area contributed by atoms with Crippen molar-refractivity contribution < 1.29 is 9.18 Å². The van der Waals surface area contributed by atoms with E-state index in [-0.39, 0.29) is 5.91 Å². The molecule has 0 radical (unpaired) electrons. The van der Waals surface area contributed by atoms with Crippen molar-refractivity contribution in [2.45, 2.75) is 26.3 Å². The Kier molecular flexibility index (Phi) is 5.27. The molecular formula is C18H17ClFN5O. The third kappa shape index (κ3) is 3.88. The highest BCUT2D eigenvalue weighted by molar-refractivity contribution is 6.30. The third-order valence-electron chi connectivity index (χ3n) is 3.96. The standard InChI is InChI=1S/C18H17ClFN5O/c1-3-16(18(26)21-15-10-14(20)9-4-11(15)2)25-23-17(22-24-25)12-5-7-13(19)8-6-12/h4-10,16H,3H2,1-2H3,(H,21,26). The van der Waals surface area contributed by atoms with Crippen molar-refractivity contribution in [2.75, 3.05) is 5.32 Å². The normalized spacial score (nSPS) is 12.0. The average molecular weight is 374 g/mol. The lowest BCUT2D eigenvalue weighted by atomic mass is 10.1. The van der Waals surface area contributed by atoms with E-state index in [0.717, 1.165) is 11.1 Å². The zero-order valence-electron chi connectivity index (χ0n) is 14.3. The average Bonchev–Trinajstić information content (AvgIpc) is 3.09. The fourth-order valence-electron chi connectivity index (χ4n) is 2.47. The van der Waals surface area contributed by atoms with Crippen molar-refractivity contribution in [3.8, 4) is 11.4 Å². The number of anilines is 1. The van der Waals surface area contributed by atoms with Gasteiger partial charge in [-0.1, -0.05) is 24.6 Å². The highest BCUT2D eigenvalue weighted by Crippen LogP contribution is 2.21. The van der Waals surface area contributed by atoms with Crippen LogP contribution in [0.4, 0.5) is 10.1 Å². The van der Waals surface area contributed by atoms with Crippen LogP contribution in [0.15, 0.2) is 42.5 Å². The van der Waals surface area contributed by atoms with E-state index in [1.54, 1.807) is 37.3 Å². The van der Waals surface area contributed by atoms with Crippen LogP contribution in [0.2, 0.25) is 5.02 Å². The molecule has 0 aliphatic heterocycles. The number of hydrogen-bond donors (Lipinski definition) is 1. The molecule has 0 fully saturated rings. The van der Waals surface area contributed by atoms with Gasteiger partial charge in [-0.05, 0) is 60.5 Å². The van der Waals surface area contributed by atoms with Crippen LogP contribution >= 0.6 is 11.6 Å². The van der Waals surface area contributed by atoms with E-state index in [2.05, 4.69) is 20.7 Å². The van der Waals surface area contributed by atoms with Gasteiger partial charge in [0.05, 0.1) is 0 Å². The number of amides is 1. The molecule has 1 heterocycles. The molecule has 134 valence electrons. The summed E-state index contributed by atoms with van der Waals surface area (Å²) in [5.74, 6) is -0.348. The Bertz CT molecular complexity index is 926. The number of aromatic nitrogens is 4. The van der Waals surface area contributed by atoms with Crippen molar-refractivity contribution in [1.82, 2.24) is 20.2 Å². The summed E-state index contributed by atoms with van der Waals surface area (Å²) in [6, 6.07) is 10.6. The second-order valence-electron chi connectivity index (χ2n) is 5.81. The predicted octanol–water partition coefficient (Wildman–Crippen LogP) is 4.03. The molecule has 1 aromatic heterocycles. The number of carbonyl (C=O) groups is 1. The Morgan fingerprint density at radius 2 is 2.00 bits per heavy atom. The van der Waals surface area contributed by atoms with Gasteiger partial charge in [-0.3, -0.25) is 4.79 Å². The van der Waals surface area contributed by atoms with Crippen molar-refractivity contribution >= 4 is 23.2 Å². The molecule has 26 heavy (non-hydrogen) atoms. The molecule has 3 rings (SSSR count). The van der Waals surface area contributed by atoms with Gasteiger partial charge in [0.2, 0.25) is 5.82 Å². The summed E-state index contributed by atoms with van der Waals surface area (Å²) in [4.78, 5) is 13.9. The summed E-state index contributed by atoms with van der Waals surface area (Å²) in [5.41, 5.74) is 1.94. The van der Waals surface area contributed by atoms with Crippen LogP contribution in [0.5, 0.6) is 0 Å². The van der Waals surface area contributed by atoms with Gasteiger partial charge >= 0.3 is 0 Å². The molecule has 6 nitrogen and oxygen atoms in total. The summed E-state index contributed by atoms with van der Waals surface area (Å²) < 4.78 is 13.4. The van der Waals surface area contributed by atoms with Crippen molar-refractivity contribution in [2.24, 2.45) is 0 Å². The Morgan fingerprint density at radius 3 is 2.69 bits per heavy atom. The molecule has 0 aliphatic rings. The van der Waals surface area contributed by atoms with Crippen LogP contribution in [0.3, 0.4) is 0 Å². The molecule has 1 unspecified atom stereocenters. The minimum atomic E-state index is -0.661. The molecule has 0 bridgehead atoms. The van der Waals surface area contributed by atoms with Gasteiger partial charge in [-0.25, -0.2) is 4.39 Å². The Balaban J connectivity index is 1.81. The zero-order valence-corrected chi connectivity index (χ0v) is 15.0. The van der Waals surface area contributed by atoms with Gasteiger partial charge in [0.25, 0.3) is 5.91 Å². The number of nitrogens with one attached hydrogen (secondary N) is 1. The number of aryl methyl sites for hydroxylation is 1. The first-order valence-electron chi connectivity index (χ1n) is 8.10. The van der Waals surface area contributed by atoms with Crippen molar-refractivity contribution in [1.29, 1.82) is 0 Å². The molecule has 8 heteroatoms. The maximum Gasteiger partial charge on any atom is 0.251 e. The fourth-order valence-corrected chi connectivity index (χ4v) is 2.60. The lowest BCUT2D eigenvalue weighted by molar-refractivity contribution is -0.120. The summed E-state index contributed by atoms with van der Waals surface area (Å²) >= 11 is 5.88. The van der Waals surface area contributed by atoms with Gasteiger partial charge < -0.3 is 5.32 Å². The van der Waals surface area contributed by atoms with Crippen LogP contribution in [0.25, 0.3) is 11.4 Å². The van der Waals surface area contributed by atoms with E-state index in [4.69, 9.17) is 11.6 Å².